The number of anilines is 2. The number of nitrogens with zero attached hydrogens (tertiary/aromatic N) is 4. The van der Waals surface area contributed by atoms with E-state index in [0.29, 0.717) is 54.4 Å². The van der Waals surface area contributed by atoms with Gasteiger partial charge in [0.25, 0.3) is 15.9 Å². The molecular weight excluding hydrogens is 504 g/mol. The van der Waals surface area contributed by atoms with Crippen LogP contribution in [0.25, 0.3) is 10.9 Å². The van der Waals surface area contributed by atoms with Gasteiger partial charge in [0, 0.05) is 56.1 Å². The maximum Gasteiger partial charge on any atom is 0.264 e. The van der Waals surface area contributed by atoms with Crippen LogP contribution in [0, 0.1) is 0 Å². The summed E-state index contributed by atoms with van der Waals surface area (Å²) in [5.41, 5.74) is 8.53. The third kappa shape index (κ3) is 4.98. The van der Waals surface area contributed by atoms with E-state index in [-0.39, 0.29) is 17.3 Å². The maximum atomic E-state index is 13.3. The molecular formula is C27H28N6O4S. The molecule has 4 aromatic rings. The SMILES string of the molecule is COc1ncccc1N1CCN(C(=O)c2ccc(NS(=O)(=O)c3cccc4cccnc34)c(CN)c2)CC1. The molecule has 11 heteroatoms. The van der Waals surface area contributed by atoms with Crippen LogP contribution >= 0.6 is 0 Å². The third-order valence-corrected chi connectivity index (χ3v) is 7.95. The molecule has 0 aliphatic carbocycles. The van der Waals surface area contributed by atoms with Crippen molar-refractivity contribution in [3.63, 3.8) is 0 Å². The summed E-state index contributed by atoms with van der Waals surface area (Å²) < 4.78 is 34.5. The summed E-state index contributed by atoms with van der Waals surface area (Å²) in [5, 5.41) is 0.720. The summed E-state index contributed by atoms with van der Waals surface area (Å²) in [6.07, 6.45) is 3.24. The number of ether oxygens (including phenoxy) is 1. The summed E-state index contributed by atoms with van der Waals surface area (Å²) >= 11 is 0. The second kappa shape index (κ2) is 10.6. The summed E-state index contributed by atoms with van der Waals surface area (Å²) in [6.45, 7) is 2.37. The molecule has 0 atom stereocenters. The van der Waals surface area contributed by atoms with Crippen LogP contribution in [0.4, 0.5) is 11.4 Å². The van der Waals surface area contributed by atoms with E-state index in [4.69, 9.17) is 10.5 Å². The van der Waals surface area contributed by atoms with Crippen LogP contribution in [0.1, 0.15) is 15.9 Å². The number of nitrogens with one attached hydrogen (secondary N) is 1. The molecule has 1 amide bonds. The number of hydrogen-bond donors (Lipinski definition) is 2. The molecule has 0 radical (unpaired) electrons. The molecule has 2 aromatic heterocycles. The highest BCUT2D eigenvalue weighted by Gasteiger charge is 2.25. The maximum absolute atomic E-state index is 13.3. The van der Waals surface area contributed by atoms with Crippen molar-refractivity contribution in [2.75, 3.05) is 42.9 Å². The highest BCUT2D eigenvalue weighted by atomic mass is 32.2. The molecule has 0 spiro atoms. The molecule has 1 saturated heterocycles. The number of rotatable bonds is 7. The minimum absolute atomic E-state index is 0.0569. The molecule has 3 heterocycles. The number of benzene rings is 2. The zero-order chi connectivity index (χ0) is 26.7. The first kappa shape index (κ1) is 25.4. The smallest absolute Gasteiger partial charge is 0.264 e. The highest BCUT2D eigenvalue weighted by Crippen LogP contribution is 2.28. The Morgan fingerprint density at radius 1 is 1.00 bits per heavy atom. The van der Waals surface area contributed by atoms with Crippen LogP contribution < -0.4 is 20.1 Å². The van der Waals surface area contributed by atoms with Gasteiger partial charge in [0.15, 0.2) is 0 Å². The summed E-state index contributed by atoms with van der Waals surface area (Å²) in [5.74, 6) is 0.419. The lowest BCUT2D eigenvalue weighted by Gasteiger charge is -2.36. The number of hydrogen-bond acceptors (Lipinski definition) is 8. The van der Waals surface area contributed by atoms with Gasteiger partial charge in [0.1, 0.15) is 4.90 Å². The van der Waals surface area contributed by atoms with Crippen molar-refractivity contribution in [1.82, 2.24) is 14.9 Å². The average molecular weight is 533 g/mol. The van der Waals surface area contributed by atoms with Gasteiger partial charge in [-0.25, -0.2) is 13.4 Å². The Bertz CT molecular complexity index is 1580. The number of pyridine rings is 2. The first-order valence-electron chi connectivity index (χ1n) is 12.1. The number of carbonyl (C=O) groups excluding carboxylic acids is 1. The number of fused-ring (bicyclic) bond motifs is 1. The molecule has 3 N–H and O–H groups in total. The largest absolute Gasteiger partial charge is 0.480 e. The minimum atomic E-state index is -3.95. The molecule has 0 unspecified atom stereocenters. The number of carbonyl (C=O) groups is 1. The first-order valence-corrected chi connectivity index (χ1v) is 13.6. The lowest BCUT2D eigenvalue weighted by Crippen LogP contribution is -2.49. The van der Waals surface area contributed by atoms with Gasteiger partial charge in [-0.15, -0.1) is 0 Å². The fraction of sp³-hybridized carbons (Fsp3) is 0.222. The van der Waals surface area contributed by atoms with E-state index in [9.17, 15) is 13.2 Å². The average Bonchev–Trinajstić information content (AvgIpc) is 2.96. The predicted octanol–water partition coefficient (Wildman–Crippen LogP) is 2.86. The van der Waals surface area contributed by atoms with Crippen molar-refractivity contribution in [2.24, 2.45) is 5.73 Å². The number of amides is 1. The van der Waals surface area contributed by atoms with E-state index >= 15 is 0 Å². The third-order valence-electron chi connectivity index (χ3n) is 6.55. The Morgan fingerprint density at radius 2 is 1.74 bits per heavy atom. The van der Waals surface area contributed by atoms with E-state index in [1.165, 1.54) is 6.07 Å². The van der Waals surface area contributed by atoms with Crippen molar-refractivity contribution in [2.45, 2.75) is 11.4 Å². The van der Waals surface area contributed by atoms with E-state index < -0.39 is 10.0 Å². The van der Waals surface area contributed by atoms with Crippen molar-refractivity contribution in [3.8, 4) is 5.88 Å². The quantitative estimate of drug-likeness (QED) is 0.372. The van der Waals surface area contributed by atoms with Crippen molar-refractivity contribution in [1.29, 1.82) is 0 Å². The van der Waals surface area contributed by atoms with Crippen LogP contribution in [0.2, 0.25) is 0 Å². The fourth-order valence-corrected chi connectivity index (χ4v) is 5.88. The van der Waals surface area contributed by atoms with Gasteiger partial charge in [-0.1, -0.05) is 18.2 Å². The van der Waals surface area contributed by atoms with Crippen LogP contribution in [-0.2, 0) is 16.6 Å². The van der Waals surface area contributed by atoms with Crippen LogP contribution in [0.5, 0.6) is 5.88 Å². The topological polar surface area (TPSA) is 131 Å². The predicted molar refractivity (Wildman–Crippen MR) is 146 cm³/mol. The van der Waals surface area contributed by atoms with Crippen molar-refractivity contribution < 1.29 is 17.9 Å². The zero-order valence-corrected chi connectivity index (χ0v) is 21.7. The first-order chi connectivity index (χ1) is 18.4. The van der Waals surface area contributed by atoms with Gasteiger partial charge in [-0.2, -0.15) is 0 Å². The van der Waals surface area contributed by atoms with Crippen molar-refractivity contribution >= 4 is 38.2 Å². The Kier molecular flexibility index (Phi) is 7.12. The Morgan fingerprint density at radius 3 is 2.50 bits per heavy atom. The van der Waals surface area contributed by atoms with Crippen LogP contribution in [0.3, 0.4) is 0 Å². The fourth-order valence-electron chi connectivity index (χ4n) is 4.60. The number of nitrogens with two attached hydrogens (primary N) is 1. The van der Waals surface area contributed by atoms with Gasteiger partial charge in [-0.3, -0.25) is 14.5 Å². The zero-order valence-electron chi connectivity index (χ0n) is 20.9. The standard InChI is InChI=1S/C27H28N6O4S/c1-37-26-23(7-4-12-30-26)32-13-15-33(16-14-32)27(34)20-9-10-22(21(17-20)18-28)31-38(35,36)24-8-2-5-19-6-3-11-29-25(19)24/h2-12,17,31H,13-16,18,28H2,1H3. The molecule has 1 aliphatic heterocycles. The van der Waals surface area contributed by atoms with Crippen LogP contribution in [-0.4, -0.2) is 62.5 Å². The minimum Gasteiger partial charge on any atom is -0.480 e. The summed E-state index contributed by atoms with van der Waals surface area (Å²) in [4.78, 5) is 25.8. The number of methoxy groups -OCH3 is 1. The lowest BCUT2D eigenvalue weighted by atomic mass is 10.1. The Labute approximate surface area is 221 Å². The summed E-state index contributed by atoms with van der Waals surface area (Å²) in [7, 11) is -2.36. The number of piperazine rings is 1. The van der Waals surface area contributed by atoms with E-state index in [1.807, 2.05) is 12.1 Å². The van der Waals surface area contributed by atoms with Gasteiger partial charge in [0.2, 0.25) is 5.88 Å². The van der Waals surface area contributed by atoms with E-state index in [2.05, 4.69) is 19.6 Å². The number of aromatic nitrogens is 2. The van der Waals surface area contributed by atoms with Gasteiger partial charge in [0.05, 0.1) is 24.0 Å². The summed E-state index contributed by atoms with van der Waals surface area (Å²) in [6, 6.07) is 17.2. The highest BCUT2D eigenvalue weighted by molar-refractivity contribution is 7.93. The molecule has 38 heavy (non-hydrogen) atoms. The molecule has 196 valence electrons. The van der Waals surface area contributed by atoms with E-state index in [0.717, 1.165) is 11.1 Å². The second-order valence-electron chi connectivity index (χ2n) is 8.82. The number of sulfonamides is 1. The van der Waals surface area contributed by atoms with Gasteiger partial charge in [-0.05, 0) is 48.0 Å². The van der Waals surface area contributed by atoms with Gasteiger partial charge >= 0.3 is 0 Å². The second-order valence-corrected chi connectivity index (χ2v) is 10.5. The Hall–Kier alpha value is -4.22. The Balaban J connectivity index is 1.32. The monoisotopic (exact) mass is 532 g/mol. The number of para-hydroxylation sites is 1. The molecule has 0 bridgehead atoms. The molecule has 0 saturated carbocycles. The normalized spacial score (nSPS) is 13.9. The molecule has 1 fully saturated rings. The lowest BCUT2D eigenvalue weighted by molar-refractivity contribution is 0.0746. The molecule has 1 aliphatic rings. The molecule has 5 rings (SSSR count). The van der Waals surface area contributed by atoms with Crippen LogP contribution in [0.15, 0.2) is 78.0 Å². The molecule has 10 nitrogen and oxygen atoms in total. The van der Waals surface area contributed by atoms with Crippen molar-refractivity contribution in [3.05, 3.63) is 84.2 Å². The van der Waals surface area contributed by atoms with Gasteiger partial charge < -0.3 is 20.3 Å². The van der Waals surface area contributed by atoms with E-state index in [1.54, 1.807) is 66.9 Å². The molecule has 2 aromatic carbocycles.